The maximum absolute atomic E-state index is 13.1. The van der Waals surface area contributed by atoms with E-state index in [2.05, 4.69) is 15.5 Å². The topological polar surface area (TPSA) is 78.1 Å². The average Bonchev–Trinajstić information content (AvgIpc) is 2.99. The highest BCUT2D eigenvalue weighted by atomic mass is 35.5. The summed E-state index contributed by atoms with van der Waals surface area (Å²) in [5.41, 5.74) is 0.0583. The van der Waals surface area contributed by atoms with Gasteiger partial charge in [-0.3, -0.25) is 9.59 Å². The molecule has 2 N–H and O–H groups in total. The van der Waals surface area contributed by atoms with E-state index in [1.807, 2.05) is 4.90 Å². The summed E-state index contributed by atoms with van der Waals surface area (Å²) in [5, 5.41) is 9.17. The predicted octanol–water partition coefficient (Wildman–Crippen LogP) is 1.57. The summed E-state index contributed by atoms with van der Waals surface area (Å²) in [6, 6.07) is 6.87. The molecule has 1 aromatic heterocycles. The Labute approximate surface area is 136 Å². The Hall–Kier alpha value is -2.41. The van der Waals surface area contributed by atoms with Gasteiger partial charge in [0.15, 0.2) is 0 Å². The number of carbonyl (C=O) groups is 1. The highest BCUT2D eigenvalue weighted by molar-refractivity contribution is 6.31. The van der Waals surface area contributed by atoms with Crippen LogP contribution in [0.1, 0.15) is 16.8 Å². The van der Waals surface area contributed by atoms with Crippen LogP contribution in [0.3, 0.4) is 0 Å². The van der Waals surface area contributed by atoms with Crippen molar-refractivity contribution < 1.29 is 9.18 Å². The quantitative estimate of drug-likeness (QED) is 0.892. The number of hydrogen-bond acceptors (Lipinski definition) is 4. The van der Waals surface area contributed by atoms with E-state index in [1.54, 1.807) is 6.07 Å². The molecule has 8 heteroatoms. The van der Waals surface area contributed by atoms with Crippen molar-refractivity contribution in [2.75, 3.05) is 18.0 Å². The molecule has 3 rings (SSSR count). The van der Waals surface area contributed by atoms with Gasteiger partial charge < -0.3 is 10.2 Å². The van der Waals surface area contributed by atoms with Gasteiger partial charge in [0.2, 0.25) is 0 Å². The highest BCUT2D eigenvalue weighted by Gasteiger charge is 2.25. The zero-order valence-electron chi connectivity index (χ0n) is 12.1. The van der Waals surface area contributed by atoms with Crippen molar-refractivity contribution in [2.45, 2.75) is 12.5 Å². The van der Waals surface area contributed by atoms with Crippen LogP contribution in [0.5, 0.6) is 0 Å². The van der Waals surface area contributed by atoms with Crippen LogP contribution in [0, 0.1) is 5.82 Å². The fourth-order valence-electron chi connectivity index (χ4n) is 2.51. The molecule has 0 bridgehead atoms. The minimum Gasteiger partial charge on any atom is -0.353 e. The maximum atomic E-state index is 13.1. The lowest BCUT2D eigenvalue weighted by molar-refractivity contribution is 0.0940. The van der Waals surface area contributed by atoms with E-state index in [4.69, 9.17) is 11.6 Å². The molecule has 23 heavy (non-hydrogen) atoms. The summed E-state index contributed by atoms with van der Waals surface area (Å²) >= 11 is 5.69. The van der Waals surface area contributed by atoms with Gasteiger partial charge in [-0.05, 0) is 30.7 Å². The van der Waals surface area contributed by atoms with Crippen molar-refractivity contribution in [1.82, 2.24) is 15.5 Å². The molecule has 1 aromatic carbocycles. The number of nitrogens with one attached hydrogen (secondary N) is 2. The molecule has 1 unspecified atom stereocenters. The second-order valence-corrected chi connectivity index (χ2v) is 5.72. The zero-order valence-corrected chi connectivity index (χ0v) is 12.8. The molecule has 1 aliphatic rings. The van der Waals surface area contributed by atoms with Gasteiger partial charge in [-0.25, -0.2) is 9.49 Å². The number of hydrogen-bond donors (Lipinski definition) is 2. The Morgan fingerprint density at radius 1 is 1.39 bits per heavy atom. The third kappa shape index (κ3) is 3.50. The van der Waals surface area contributed by atoms with Gasteiger partial charge in [0.1, 0.15) is 11.6 Å². The first-order valence-electron chi connectivity index (χ1n) is 7.09. The number of halogens is 2. The molecule has 0 aliphatic carbocycles. The van der Waals surface area contributed by atoms with Gasteiger partial charge in [-0.2, -0.15) is 5.10 Å². The maximum Gasteiger partial charge on any atom is 0.264 e. The predicted molar refractivity (Wildman–Crippen MR) is 84.4 cm³/mol. The van der Waals surface area contributed by atoms with Gasteiger partial charge in [-0.15, -0.1) is 0 Å². The SMILES string of the molecule is O=C(NC1CCN(c2ccc(=O)[nH]n2)C1)c1ccc(F)c(Cl)c1. The summed E-state index contributed by atoms with van der Waals surface area (Å²) in [7, 11) is 0. The lowest BCUT2D eigenvalue weighted by Crippen LogP contribution is -2.37. The van der Waals surface area contributed by atoms with Crippen LogP contribution in [0.25, 0.3) is 0 Å². The molecular formula is C15H14ClFN4O2. The monoisotopic (exact) mass is 336 g/mol. The van der Waals surface area contributed by atoms with Crippen LogP contribution < -0.4 is 15.8 Å². The van der Waals surface area contributed by atoms with E-state index in [9.17, 15) is 14.0 Å². The highest BCUT2D eigenvalue weighted by Crippen LogP contribution is 2.18. The van der Waals surface area contributed by atoms with Gasteiger partial charge in [0, 0.05) is 30.8 Å². The van der Waals surface area contributed by atoms with E-state index in [1.165, 1.54) is 24.3 Å². The third-order valence-corrected chi connectivity index (χ3v) is 3.98. The molecule has 1 fully saturated rings. The lowest BCUT2D eigenvalue weighted by atomic mass is 10.2. The largest absolute Gasteiger partial charge is 0.353 e. The summed E-state index contributed by atoms with van der Waals surface area (Å²) in [6.07, 6.45) is 0.751. The van der Waals surface area contributed by atoms with Crippen molar-refractivity contribution in [1.29, 1.82) is 0 Å². The van der Waals surface area contributed by atoms with Crippen LogP contribution in [-0.4, -0.2) is 35.2 Å². The molecule has 1 saturated heterocycles. The fourth-order valence-corrected chi connectivity index (χ4v) is 2.69. The van der Waals surface area contributed by atoms with Crippen LogP contribution in [0.4, 0.5) is 10.2 Å². The number of carbonyl (C=O) groups excluding carboxylic acids is 1. The first kappa shape index (κ1) is 15.5. The number of rotatable bonds is 3. The molecule has 0 saturated carbocycles. The minimum atomic E-state index is -0.556. The van der Waals surface area contributed by atoms with Crippen molar-refractivity contribution in [3.63, 3.8) is 0 Å². The van der Waals surface area contributed by atoms with Gasteiger partial charge in [-0.1, -0.05) is 11.6 Å². The van der Waals surface area contributed by atoms with Crippen LogP contribution >= 0.6 is 11.6 Å². The first-order chi connectivity index (χ1) is 11.0. The molecule has 0 spiro atoms. The van der Waals surface area contributed by atoms with E-state index >= 15 is 0 Å². The average molecular weight is 337 g/mol. The van der Waals surface area contributed by atoms with Crippen LogP contribution in [0.2, 0.25) is 5.02 Å². The number of nitrogens with zero attached hydrogens (tertiary/aromatic N) is 2. The Kier molecular flexibility index (Phi) is 4.29. The number of amides is 1. The zero-order chi connectivity index (χ0) is 16.4. The smallest absolute Gasteiger partial charge is 0.264 e. The molecule has 0 radical (unpaired) electrons. The van der Waals surface area contributed by atoms with Gasteiger partial charge in [0.25, 0.3) is 11.5 Å². The van der Waals surface area contributed by atoms with Crippen LogP contribution in [0.15, 0.2) is 35.1 Å². The summed E-state index contributed by atoms with van der Waals surface area (Å²) in [4.78, 5) is 25.2. The van der Waals surface area contributed by atoms with Crippen molar-refractivity contribution in [2.24, 2.45) is 0 Å². The molecule has 2 aromatic rings. The molecule has 6 nitrogen and oxygen atoms in total. The Balaban J connectivity index is 1.63. The van der Waals surface area contributed by atoms with E-state index in [-0.39, 0.29) is 22.5 Å². The Bertz CT molecular complexity index is 775. The second-order valence-electron chi connectivity index (χ2n) is 5.31. The summed E-state index contributed by atoms with van der Waals surface area (Å²) < 4.78 is 13.1. The molecule has 1 amide bonds. The van der Waals surface area contributed by atoms with E-state index in [0.29, 0.717) is 24.5 Å². The third-order valence-electron chi connectivity index (χ3n) is 3.69. The first-order valence-corrected chi connectivity index (χ1v) is 7.47. The fraction of sp³-hybridized carbons (Fsp3) is 0.267. The molecule has 120 valence electrons. The van der Waals surface area contributed by atoms with Crippen molar-refractivity contribution >= 4 is 23.3 Å². The number of H-pyrrole nitrogens is 1. The lowest BCUT2D eigenvalue weighted by Gasteiger charge is -2.17. The van der Waals surface area contributed by atoms with Crippen LogP contribution in [-0.2, 0) is 0 Å². The second kappa shape index (κ2) is 6.37. The van der Waals surface area contributed by atoms with E-state index in [0.717, 1.165) is 6.42 Å². The van der Waals surface area contributed by atoms with Crippen molar-refractivity contribution in [3.05, 3.63) is 57.1 Å². The minimum absolute atomic E-state index is 0.0555. The molecular weight excluding hydrogens is 323 g/mol. The van der Waals surface area contributed by atoms with Gasteiger partial charge in [0.05, 0.1) is 5.02 Å². The van der Waals surface area contributed by atoms with Crippen molar-refractivity contribution in [3.8, 4) is 0 Å². The van der Waals surface area contributed by atoms with E-state index < -0.39 is 5.82 Å². The number of benzene rings is 1. The summed E-state index contributed by atoms with van der Waals surface area (Å²) in [5.74, 6) is -0.196. The van der Waals surface area contributed by atoms with Gasteiger partial charge >= 0.3 is 0 Å². The standard InChI is InChI=1S/C15H14ClFN4O2/c16-11-7-9(1-2-12(11)17)15(23)18-10-5-6-21(8-10)13-3-4-14(22)20-19-13/h1-4,7,10H,5-6,8H2,(H,18,23)(H,20,22). The normalized spacial score (nSPS) is 17.3. The molecule has 2 heterocycles. The Morgan fingerprint density at radius 2 is 2.22 bits per heavy atom. The number of aromatic amines is 1. The number of anilines is 1. The number of aromatic nitrogens is 2. The molecule has 1 atom stereocenters. The molecule has 1 aliphatic heterocycles. The Morgan fingerprint density at radius 3 is 2.91 bits per heavy atom. The summed E-state index contributed by atoms with van der Waals surface area (Å²) in [6.45, 7) is 1.30.